The summed E-state index contributed by atoms with van der Waals surface area (Å²) in [5.41, 5.74) is 0.401. The Morgan fingerprint density at radius 1 is 1.54 bits per heavy atom. The molecule has 0 aliphatic carbocycles. The average Bonchev–Trinajstić information content (AvgIpc) is 2.67. The molecule has 68 valence electrons. The lowest BCUT2D eigenvalue weighted by molar-refractivity contribution is 0.337. The van der Waals surface area contributed by atoms with E-state index in [1.165, 1.54) is 0 Å². The van der Waals surface area contributed by atoms with Crippen molar-refractivity contribution in [1.82, 2.24) is 20.3 Å². The predicted octanol–water partition coefficient (Wildman–Crippen LogP) is 0.0743. The molecule has 0 bridgehead atoms. The van der Waals surface area contributed by atoms with E-state index in [-0.39, 0.29) is 0 Å². The summed E-state index contributed by atoms with van der Waals surface area (Å²) >= 11 is 0. The Bertz CT molecular complexity index is 318. The third kappa shape index (κ3) is 1.68. The summed E-state index contributed by atoms with van der Waals surface area (Å²) in [5.74, 6) is 0. The highest BCUT2D eigenvalue weighted by Gasteiger charge is 2.15. The number of nitriles is 1. The molecule has 0 saturated carbocycles. The van der Waals surface area contributed by atoms with Crippen LogP contribution in [0.2, 0.25) is 0 Å². The van der Waals surface area contributed by atoms with Gasteiger partial charge in [0.1, 0.15) is 6.07 Å². The van der Waals surface area contributed by atoms with Gasteiger partial charge in [-0.15, -0.1) is 5.10 Å². The third-order valence-electron chi connectivity index (χ3n) is 2.31. The van der Waals surface area contributed by atoms with Gasteiger partial charge in [0.25, 0.3) is 0 Å². The van der Waals surface area contributed by atoms with E-state index in [1.54, 1.807) is 10.9 Å². The Hall–Kier alpha value is -1.41. The van der Waals surface area contributed by atoms with E-state index in [2.05, 4.69) is 15.6 Å². The van der Waals surface area contributed by atoms with E-state index in [4.69, 9.17) is 5.26 Å². The van der Waals surface area contributed by atoms with Crippen molar-refractivity contribution < 1.29 is 0 Å². The Morgan fingerprint density at radius 3 is 2.92 bits per heavy atom. The highest BCUT2D eigenvalue weighted by atomic mass is 15.4. The van der Waals surface area contributed by atoms with Crippen molar-refractivity contribution in [2.45, 2.75) is 18.9 Å². The Morgan fingerprint density at radius 2 is 2.31 bits per heavy atom. The first kappa shape index (κ1) is 8.20. The van der Waals surface area contributed by atoms with Gasteiger partial charge >= 0.3 is 0 Å². The second-order valence-electron chi connectivity index (χ2n) is 3.18. The maximum Gasteiger partial charge on any atom is 0.182 e. The molecule has 5 nitrogen and oxygen atoms in total. The molecule has 0 unspecified atom stereocenters. The molecule has 1 aliphatic heterocycles. The van der Waals surface area contributed by atoms with Crippen molar-refractivity contribution in [2.24, 2.45) is 0 Å². The van der Waals surface area contributed by atoms with Crippen molar-refractivity contribution in [3.63, 3.8) is 0 Å². The lowest BCUT2D eigenvalue weighted by Crippen LogP contribution is -2.29. The minimum Gasteiger partial charge on any atom is -0.317 e. The number of piperidine rings is 1. The first-order valence-corrected chi connectivity index (χ1v) is 4.43. The lowest BCUT2D eigenvalue weighted by atomic mass is 10.1. The van der Waals surface area contributed by atoms with Crippen molar-refractivity contribution in [1.29, 1.82) is 5.26 Å². The Labute approximate surface area is 76.4 Å². The fourth-order valence-corrected chi connectivity index (χ4v) is 1.58. The van der Waals surface area contributed by atoms with Crippen LogP contribution in [0.25, 0.3) is 0 Å². The second kappa shape index (κ2) is 3.54. The van der Waals surface area contributed by atoms with Gasteiger partial charge in [-0.2, -0.15) is 5.26 Å². The van der Waals surface area contributed by atoms with Crippen LogP contribution in [0.15, 0.2) is 6.20 Å². The molecule has 0 aromatic carbocycles. The van der Waals surface area contributed by atoms with Gasteiger partial charge in [-0.1, -0.05) is 5.21 Å². The summed E-state index contributed by atoms with van der Waals surface area (Å²) in [5, 5.41) is 19.5. The van der Waals surface area contributed by atoms with Gasteiger partial charge in [-0.3, -0.25) is 0 Å². The van der Waals surface area contributed by atoms with E-state index in [0.29, 0.717) is 11.7 Å². The third-order valence-corrected chi connectivity index (χ3v) is 2.31. The molecule has 1 aromatic heterocycles. The van der Waals surface area contributed by atoms with Crippen LogP contribution < -0.4 is 5.32 Å². The zero-order valence-electron chi connectivity index (χ0n) is 7.27. The minimum absolute atomic E-state index is 0.401. The molecule has 1 fully saturated rings. The summed E-state index contributed by atoms with van der Waals surface area (Å²) in [6.45, 7) is 2.04. The number of hydrogen-bond donors (Lipinski definition) is 1. The molecule has 1 aromatic rings. The van der Waals surface area contributed by atoms with Crippen LogP contribution in [0.5, 0.6) is 0 Å². The molecule has 0 atom stereocenters. The van der Waals surface area contributed by atoms with Crippen molar-refractivity contribution in [3.8, 4) is 6.07 Å². The summed E-state index contributed by atoms with van der Waals surface area (Å²) in [6.07, 6.45) is 3.85. The predicted molar refractivity (Wildman–Crippen MR) is 45.9 cm³/mol. The van der Waals surface area contributed by atoms with Crippen LogP contribution >= 0.6 is 0 Å². The maximum absolute atomic E-state index is 8.57. The topological polar surface area (TPSA) is 66.5 Å². The lowest BCUT2D eigenvalue weighted by Gasteiger charge is -2.21. The van der Waals surface area contributed by atoms with Crippen LogP contribution in [0.3, 0.4) is 0 Å². The summed E-state index contributed by atoms with van der Waals surface area (Å²) in [7, 11) is 0. The normalized spacial score (nSPS) is 18.4. The number of aromatic nitrogens is 3. The fraction of sp³-hybridized carbons (Fsp3) is 0.625. The molecule has 0 spiro atoms. The van der Waals surface area contributed by atoms with Crippen LogP contribution in [-0.2, 0) is 0 Å². The summed E-state index contributed by atoms with van der Waals surface area (Å²) in [4.78, 5) is 0. The highest BCUT2D eigenvalue weighted by molar-refractivity contribution is 5.13. The van der Waals surface area contributed by atoms with Crippen molar-refractivity contribution in [2.75, 3.05) is 13.1 Å². The molecule has 2 heterocycles. The molecular weight excluding hydrogens is 166 g/mol. The summed E-state index contributed by atoms with van der Waals surface area (Å²) in [6, 6.07) is 2.39. The van der Waals surface area contributed by atoms with Crippen molar-refractivity contribution in [3.05, 3.63) is 11.9 Å². The van der Waals surface area contributed by atoms with Crippen molar-refractivity contribution >= 4 is 0 Å². The van der Waals surface area contributed by atoms with Gasteiger partial charge in [-0.25, -0.2) is 4.68 Å². The first-order valence-electron chi connectivity index (χ1n) is 4.43. The number of nitrogens with zero attached hydrogens (tertiary/aromatic N) is 4. The van der Waals surface area contributed by atoms with Crippen LogP contribution in [0, 0.1) is 11.3 Å². The van der Waals surface area contributed by atoms with Crippen LogP contribution in [0.4, 0.5) is 0 Å². The van der Waals surface area contributed by atoms with Gasteiger partial charge in [0, 0.05) is 0 Å². The minimum atomic E-state index is 0.401. The Kier molecular flexibility index (Phi) is 2.23. The average molecular weight is 177 g/mol. The molecule has 0 amide bonds. The summed E-state index contributed by atoms with van der Waals surface area (Å²) < 4.78 is 1.80. The molecule has 1 N–H and O–H groups in total. The highest BCUT2D eigenvalue weighted by Crippen LogP contribution is 2.16. The van der Waals surface area contributed by atoms with Crippen LogP contribution in [-0.4, -0.2) is 28.1 Å². The SMILES string of the molecule is N#Cc1cn(C2CCNCC2)nn1. The van der Waals surface area contributed by atoms with E-state index in [9.17, 15) is 0 Å². The molecular formula is C8H11N5. The second-order valence-corrected chi connectivity index (χ2v) is 3.18. The van der Waals surface area contributed by atoms with Gasteiger partial charge in [-0.05, 0) is 25.9 Å². The van der Waals surface area contributed by atoms with Gasteiger partial charge in [0.2, 0.25) is 0 Å². The largest absolute Gasteiger partial charge is 0.317 e. The number of hydrogen-bond acceptors (Lipinski definition) is 4. The molecule has 1 saturated heterocycles. The molecule has 0 radical (unpaired) electrons. The van der Waals surface area contributed by atoms with Gasteiger partial charge in [0.15, 0.2) is 5.69 Å². The maximum atomic E-state index is 8.57. The quantitative estimate of drug-likeness (QED) is 0.659. The molecule has 1 aliphatic rings. The molecule has 2 rings (SSSR count). The van der Waals surface area contributed by atoms with Gasteiger partial charge in [0.05, 0.1) is 12.2 Å². The van der Waals surface area contributed by atoms with Crippen LogP contribution in [0.1, 0.15) is 24.6 Å². The smallest absolute Gasteiger partial charge is 0.182 e. The monoisotopic (exact) mass is 177 g/mol. The first-order chi connectivity index (χ1) is 6.40. The van der Waals surface area contributed by atoms with E-state index in [1.807, 2.05) is 6.07 Å². The number of rotatable bonds is 1. The van der Waals surface area contributed by atoms with E-state index in [0.717, 1.165) is 25.9 Å². The zero-order chi connectivity index (χ0) is 9.10. The Balaban J connectivity index is 2.11. The van der Waals surface area contributed by atoms with Gasteiger partial charge < -0.3 is 5.32 Å². The number of nitrogens with one attached hydrogen (secondary N) is 1. The zero-order valence-corrected chi connectivity index (χ0v) is 7.27. The standard InChI is InChI=1S/C8H11N5/c9-5-7-6-13(12-11-7)8-1-3-10-4-2-8/h6,8,10H,1-4H2. The van der Waals surface area contributed by atoms with E-state index >= 15 is 0 Å². The fourth-order valence-electron chi connectivity index (χ4n) is 1.58. The van der Waals surface area contributed by atoms with E-state index < -0.39 is 0 Å². The molecule has 13 heavy (non-hydrogen) atoms. The molecule has 5 heteroatoms.